The van der Waals surface area contributed by atoms with Crippen LogP contribution in [-0.2, 0) is 4.74 Å². The summed E-state index contributed by atoms with van der Waals surface area (Å²) in [6, 6.07) is 0. The summed E-state index contributed by atoms with van der Waals surface area (Å²) in [7, 11) is 0. The van der Waals surface area contributed by atoms with Crippen LogP contribution in [0.15, 0.2) is 0 Å². The van der Waals surface area contributed by atoms with Gasteiger partial charge in [-0.05, 0) is 63.5 Å². The van der Waals surface area contributed by atoms with Crippen LogP contribution in [-0.4, -0.2) is 24.8 Å². The molecule has 2 aliphatic carbocycles. The van der Waals surface area contributed by atoms with Crippen LogP contribution in [0.5, 0.6) is 0 Å². The molecule has 118 valence electrons. The summed E-state index contributed by atoms with van der Waals surface area (Å²) in [4.78, 5) is 0. The SMILES string of the molecule is CCC1CCCCC1OC1(CCNCC(C)C)CCC1. The predicted octanol–water partition coefficient (Wildman–Crippen LogP) is 4.53. The lowest BCUT2D eigenvalue weighted by atomic mass is 9.76. The third-order valence-electron chi connectivity index (χ3n) is 5.34. The van der Waals surface area contributed by atoms with Gasteiger partial charge in [0.15, 0.2) is 0 Å². The fraction of sp³-hybridized carbons (Fsp3) is 1.00. The van der Waals surface area contributed by atoms with Crippen molar-refractivity contribution in [2.24, 2.45) is 11.8 Å². The van der Waals surface area contributed by atoms with Crippen LogP contribution < -0.4 is 5.32 Å². The fourth-order valence-electron chi connectivity index (χ4n) is 3.82. The molecule has 2 rings (SSSR count). The Kier molecular flexibility index (Phi) is 6.35. The Labute approximate surface area is 126 Å². The Morgan fingerprint density at radius 2 is 1.90 bits per heavy atom. The second-order valence-corrected chi connectivity index (χ2v) is 7.49. The van der Waals surface area contributed by atoms with Crippen molar-refractivity contribution >= 4 is 0 Å². The first-order chi connectivity index (χ1) is 9.65. The Hall–Kier alpha value is -0.0800. The molecule has 2 atom stereocenters. The van der Waals surface area contributed by atoms with Crippen molar-refractivity contribution in [1.29, 1.82) is 0 Å². The van der Waals surface area contributed by atoms with Crippen LogP contribution in [0.3, 0.4) is 0 Å². The zero-order chi connectivity index (χ0) is 14.4. The Morgan fingerprint density at radius 3 is 2.50 bits per heavy atom. The summed E-state index contributed by atoms with van der Waals surface area (Å²) in [5.74, 6) is 1.57. The molecule has 0 aromatic carbocycles. The van der Waals surface area contributed by atoms with Crippen molar-refractivity contribution < 1.29 is 4.74 Å². The van der Waals surface area contributed by atoms with Crippen molar-refractivity contribution in [3.05, 3.63) is 0 Å². The predicted molar refractivity (Wildman–Crippen MR) is 86.0 cm³/mol. The third kappa shape index (κ3) is 4.46. The lowest BCUT2D eigenvalue weighted by Gasteiger charge is -2.47. The molecular weight excluding hydrogens is 246 g/mol. The first-order valence-electron chi connectivity index (χ1n) is 9.04. The summed E-state index contributed by atoms with van der Waals surface area (Å²) in [5, 5.41) is 3.59. The average Bonchev–Trinajstić information content (AvgIpc) is 2.40. The van der Waals surface area contributed by atoms with Gasteiger partial charge in [-0.1, -0.05) is 40.0 Å². The smallest absolute Gasteiger partial charge is 0.0698 e. The number of nitrogens with one attached hydrogen (secondary N) is 1. The zero-order valence-electron chi connectivity index (χ0n) is 13.9. The largest absolute Gasteiger partial charge is 0.371 e. The van der Waals surface area contributed by atoms with Gasteiger partial charge in [0.1, 0.15) is 0 Å². The maximum atomic E-state index is 6.69. The molecule has 2 saturated carbocycles. The molecule has 0 amide bonds. The molecule has 0 aromatic heterocycles. The van der Waals surface area contributed by atoms with E-state index in [-0.39, 0.29) is 5.60 Å². The van der Waals surface area contributed by atoms with Gasteiger partial charge in [-0.25, -0.2) is 0 Å². The van der Waals surface area contributed by atoms with Crippen LogP contribution in [0.2, 0.25) is 0 Å². The van der Waals surface area contributed by atoms with Crippen molar-refractivity contribution in [2.75, 3.05) is 13.1 Å². The number of rotatable bonds is 8. The van der Waals surface area contributed by atoms with E-state index >= 15 is 0 Å². The summed E-state index contributed by atoms with van der Waals surface area (Å²) in [5.41, 5.74) is 0.236. The van der Waals surface area contributed by atoms with E-state index in [1.807, 2.05) is 0 Å². The molecule has 2 unspecified atom stereocenters. The van der Waals surface area contributed by atoms with Crippen molar-refractivity contribution in [3.63, 3.8) is 0 Å². The molecule has 2 nitrogen and oxygen atoms in total. The van der Waals surface area contributed by atoms with Gasteiger partial charge in [0.2, 0.25) is 0 Å². The van der Waals surface area contributed by atoms with Gasteiger partial charge in [-0.2, -0.15) is 0 Å². The highest BCUT2D eigenvalue weighted by Crippen LogP contribution is 2.42. The van der Waals surface area contributed by atoms with Crippen LogP contribution in [0, 0.1) is 11.8 Å². The molecule has 0 spiro atoms. The maximum Gasteiger partial charge on any atom is 0.0698 e. The fourth-order valence-corrected chi connectivity index (χ4v) is 3.82. The van der Waals surface area contributed by atoms with E-state index in [1.54, 1.807) is 0 Å². The molecule has 0 aromatic rings. The number of hydrogen-bond donors (Lipinski definition) is 1. The van der Waals surface area contributed by atoms with Gasteiger partial charge in [-0.3, -0.25) is 0 Å². The Balaban J connectivity index is 1.77. The highest BCUT2D eigenvalue weighted by atomic mass is 16.5. The van der Waals surface area contributed by atoms with Gasteiger partial charge in [0, 0.05) is 0 Å². The summed E-state index contributed by atoms with van der Waals surface area (Å²) in [6.07, 6.45) is 12.5. The zero-order valence-corrected chi connectivity index (χ0v) is 13.9. The normalized spacial score (nSPS) is 29.4. The van der Waals surface area contributed by atoms with Crippen molar-refractivity contribution in [2.45, 2.75) is 90.3 Å². The highest BCUT2D eigenvalue weighted by Gasteiger charge is 2.41. The van der Waals surface area contributed by atoms with Crippen molar-refractivity contribution in [1.82, 2.24) is 5.32 Å². The summed E-state index contributed by atoms with van der Waals surface area (Å²) >= 11 is 0. The minimum absolute atomic E-state index is 0.236. The molecule has 0 saturated heterocycles. The molecule has 2 aliphatic rings. The molecular formula is C18H35NO. The molecule has 0 heterocycles. The molecule has 0 radical (unpaired) electrons. The van der Waals surface area contributed by atoms with E-state index in [0.29, 0.717) is 6.10 Å². The first kappa shape index (κ1) is 16.3. The van der Waals surface area contributed by atoms with Crippen LogP contribution in [0.1, 0.15) is 78.6 Å². The topological polar surface area (TPSA) is 21.3 Å². The monoisotopic (exact) mass is 281 g/mol. The lowest BCUT2D eigenvalue weighted by molar-refractivity contribution is -0.167. The molecule has 2 heteroatoms. The van der Waals surface area contributed by atoms with Crippen molar-refractivity contribution in [3.8, 4) is 0 Å². The standard InChI is InChI=1S/C18H35NO/c1-4-16-8-5-6-9-17(16)20-18(10-7-11-18)12-13-19-14-15(2)3/h15-17,19H,4-14H2,1-3H3. The molecule has 2 fully saturated rings. The molecule has 0 bridgehead atoms. The molecule has 0 aliphatic heterocycles. The minimum Gasteiger partial charge on any atom is -0.371 e. The van der Waals surface area contributed by atoms with Crippen LogP contribution in [0.25, 0.3) is 0 Å². The van der Waals surface area contributed by atoms with E-state index in [0.717, 1.165) is 24.9 Å². The lowest BCUT2D eigenvalue weighted by Crippen LogP contribution is -2.47. The Morgan fingerprint density at radius 1 is 1.15 bits per heavy atom. The first-order valence-corrected chi connectivity index (χ1v) is 9.04. The quantitative estimate of drug-likeness (QED) is 0.660. The van der Waals surface area contributed by atoms with Gasteiger partial charge >= 0.3 is 0 Å². The average molecular weight is 281 g/mol. The molecule has 20 heavy (non-hydrogen) atoms. The Bertz CT molecular complexity index is 273. The number of ether oxygens (including phenoxy) is 1. The van der Waals surface area contributed by atoms with E-state index in [9.17, 15) is 0 Å². The van der Waals surface area contributed by atoms with E-state index < -0.39 is 0 Å². The van der Waals surface area contributed by atoms with Gasteiger partial charge in [0.05, 0.1) is 11.7 Å². The van der Waals surface area contributed by atoms with E-state index in [4.69, 9.17) is 4.74 Å². The van der Waals surface area contributed by atoms with Gasteiger partial charge in [0.25, 0.3) is 0 Å². The van der Waals surface area contributed by atoms with Gasteiger partial charge < -0.3 is 10.1 Å². The second-order valence-electron chi connectivity index (χ2n) is 7.49. The van der Waals surface area contributed by atoms with E-state index in [1.165, 1.54) is 57.8 Å². The third-order valence-corrected chi connectivity index (χ3v) is 5.34. The minimum atomic E-state index is 0.236. The maximum absolute atomic E-state index is 6.69. The summed E-state index contributed by atoms with van der Waals surface area (Å²) in [6.45, 7) is 9.15. The summed E-state index contributed by atoms with van der Waals surface area (Å²) < 4.78 is 6.69. The van der Waals surface area contributed by atoms with Crippen LogP contribution >= 0.6 is 0 Å². The van der Waals surface area contributed by atoms with Gasteiger partial charge in [-0.15, -0.1) is 0 Å². The second kappa shape index (κ2) is 7.79. The number of hydrogen-bond acceptors (Lipinski definition) is 2. The molecule has 1 N–H and O–H groups in total. The highest BCUT2D eigenvalue weighted by molar-refractivity contribution is 4.92. The van der Waals surface area contributed by atoms with E-state index in [2.05, 4.69) is 26.1 Å². The van der Waals surface area contributed by atoms with Crippen LogP contribution in [0.4, 0.5) is 0 Å².